The van der Waals surface area contributed by atoms with Crippen LogP contribution in [0, 0.1) is 17.6 Å². The molecular weight excluding hydrogens is 340 g/mol. The minimum absolute atomic E-state index is 0. The van der Waals surface area contributed by atoms with Crippen LogP contribution in [-0.2, 0) is 9.59 Å². The second-order valence-corrected chi connectivity index (χ2v) is 5.63. The fraction of sp³-hybridized carbons (Fsp3) is 0.500. The first-order chi connectivity index (χ1) is 11.0. The van der Waals surface area contributed by atoms with Crippen molar-refractivity contribution in [2.24, 2.45) is 5.92 Å². The van der Waals surface area contributed by atoms with E-state index < -0.39 is 23.2 Å². The number of nitrogens with zero attached hydrogens (tertiary/aromatic N) is 1. The topological polar surface area (TPSA) is 61.4 Å². The summed E-state index contributed by atoms with van der Waals surface area (Å²) in [5.74, 6) is -1.88. The van der Waals surface area contributed by atoms with Gasteiger partial charge in [-0.1, -0.05) is 6.07 Å². The summed E-state index contributed by atoms with van der Waals surface area (Å²) in [7, 11) is 0. The highest BCUT2D eigenvalue weighted by Gasteiger charge is 2.22. The summed E-state index contributed by atoms with van der Waals surface area (Å²) in [5, 5.41) is 5.24. The van der Waals surface area contributed by atoms with E-state index in [0.717, 1.165) is 18.7 Å². The van der Waals surface area contributed by atoms with Crippen molar-refractivity contribution in [2.45, 2.75) is 19.8 Å². The van der Waals surface area contributed by atoms with Crippen molar-refractivity contribution in [3.05, 3.63) is 29.8 Å². The first-order valence-electron chi connectivity index (χ1n) is 7.73. The smallest absolute Gasteiger partial charge is 0.244 e. The van der Waals surface area contributed by atoms with E-state index in [4.69, 9.17) is 0 Å². The monoisotopic (exact) mass is 361 g/mol. The van der Waals surface area contributed by atoms with Crippen LogP contribution >= 0.6 is 12.4 Å². The Morgan fingerprint density at radius 3 is 2.42 bits per heavy atom. The highest BCUT2D eigenvalue weighted by Crippen LogP contribution is 2.27. The van der Waals surface area contributed by atoms with E-state index in [0.29, 0.717) is 12.5 Å². The van der Waals surface area contributed by atoms with Crippen LogP contribution in [0.4, 0.5) is 14.5 Å². The molecule has 134 valence electrons. The van der Waals surface area contributed by atoms with E-state index >= 15 is 0 Å². The third-order valence-electron chi connectivity index (χ3n) is 3.70. The predicted octanol–water partition coefficient (Wildman–Crippen LogP) is 2.17. The van der Waals surface area contributed by atoms with Crippen molar-refractivity contribution in [1.82, 2.24) is 10.2 Å². The molecule has 2 amide bonds. The van der Waals surface area contributed by atoms with Crippen LogP contribution in [0.1, 0.15) is 19.8 Å². The van der Waals surface area contributed by atoms with Crippen molar-refractivity contribution < 1.29 is 18.4 Å². The predicted molar refractivity (Wildman–Crippen MR) is 90.1 cm³/mol. The zero-order valence-corrected chi connectivity index (χ0v) is 14.3. The number of carbonyl (C=O) groups is 2. The fourth-order valence-electron chi connectivity index (χ4n) is 2.16. The lowest BCUT2D eigenvalue weighted by Gasteiger charge is -2.20. The van der Waals surface area contributed by atoms with Crippen molar-refractivity contribution in [3.8, 4) is 0 Å². The fourth-order valence-corrected chi connectivity index (χ4v) is 2.16. The number of hydrogen-bond acceptors (Lipinski definition) is 3. The van der Waals surface area contributed by atoms with Gasteiger partial charge in [-0.15, -0.1) is 12.4 Å². The molecule has 1 aliphatic carbocycles. The Balaban J connectivity index is 0.00000288. The molecule has 0 aliphatic heterocycles. The Kier molecular flexibility index (Phi) is 8.07. The number of likely N-dealkylation sites (N-methyl/N-ethyl adjacent to an activating group) is 1. The van der Waals surface area contributed by atoms with Crippen LogP contribution in [0.2, 0.25) is 0 Å². The van der Waals surface area contributed by atoms with Gasteiger partial charge in [-0.25, -0.2) is 8.78 Å². The standard InChI is InChI=1S/C16H21F2N3O2.ClH/c1-2-21(15(23)9-19-8-11-6-7-11)10-14(22)20-16-12(17)4-3-5-13(16)18;/h3-5,11,19H,2,6-10H2,1H3,(H,20,22);1H. The SMILES string of the molecule is CCN(CC(=O)Nc1c(F)cccc1F)C(=O)CNCC1CC1.Cl. The first kappa shape index (κ1) is 20.3. The summed E-state index contributed by atoms with van der Waals surface area (Å²) < 4.78 is 27.0. The van der Waals surface area contributed by atoms with Gasteiger partial charge in [0, 0.05) is 6.54 Å². The Labute approximate surface area is 146 Å². The molecule has 2 rings (SSSR count). The molecule has 5 nitrogen and oxygen atoms in total. The molecule has 0 radical (unpaired) electrons. The van der Waals surface area contributed by atoms with E-state index in [2.05, 4.69) is 10.6 Å². The van der Waals surface area contributed by atoms with Gasteiger partial charge in [0.2, 0.25) is 11.8 Å². The van der Waals surface area contributed by atoms with Gasteiger partial charge in [-0.05, 0) is 44.4 Å². The zero-order chi connectivity index (χ0) is 16.8. The maximum Gasteiger partial charge on any atom is 0.244 e. The number of para-hydroxylation sites is 1. The third-order valence-corrected chi connectivity index (χ3v) is 3.70. The van der Waals surface area contributed by atoms with Gasteiger partial charge in [0.15, 0.2) is 0 Å². The number of hydrogen-bond donors (Lipinski definition) is 2. The van der Waals surface area contributed by atoms with Gasteiger partial charge >= 0.3 is 0 Å². The summed E-state index contributed by atoms with van der Waals surface area (Å²) >= 11 is 0. The molecule has 1 fully saturated rings. The average Bonchev–Trinajstić information content (AvgIpc) is 3.33. The van der Waals surface area contributed by atoms with E-state index in [1.165, 1.54) is 23.8 Å². The largest absolute Gasteiger partial charge is 0.333 e. The maximum atomic E-state index is 13.5. The first-order valence-corrected chi connectivity index (χ1v) is 7.73. The number of benzene rings is 1. The van der Waals surface area contributed by atoms with Crippen LogP contribution in [0.3, 0.4) is 0 Å². The summed E-state index contributed by atoms with van der Waals surface area (Å²) in [4.78, 5) is 25.3. The van der Waals surface area contributed by atoms with Crippen molar-refractivity contribution in [2.75, 3.05) is 31.5 Å². The Morgan fingerprint density at radius 2 is 1.88 bits per heavy atom. The quantitative estimate of drug-likeness (QED) is 0.746. The molecule has 0 atom stereocenters. The van der Waals surface area contributed by atoms with Gasteiger partial charge in [0.05, 0.1) is 13.1 Å². The van der Waals surface area contributed by atoms with Crippen LogP contribution in [0.15, 0.2) is 18.2 Å². The van der Waals surface area contributed by atoms with Gasteiger partial charge < -0.3 is 15.5 Å². The minimum Gasteiger partial charge on any atom is -0.333 e. The zero-order valence-electron chi connectivity index (χ0n) is 13.5. The van der Waals surface area contributed by atoms with E-state index in [1.54, 1.807) is 6.92 Å². The van der Waals surface area contributed by atoms with E-state index in [9.17, 15) is 18.4 Å². The molecule has 1 aromatic carbocycles. The number of amides is 2. The highest BCUT2D eigenvalue weighted by molar-refractivity contribution is 5.95. The number of carbonyl (C=O) groups excluding carboxylic acids is 2. The minimum atomic E-state index is -0.848. The molecule has 0 saturated heterocycles. The molecule has 0 unspecified atom stereocenters. The molecule has 0 aromatic heterocycles. The molecule has 1 aromatic rings. The highest BCUT2D eigenvalue weighted by atomic mass is 35.5. The second kappa shape index (κ2) is 9.54. The molecule has 1 aliphatic rings. The molecule has 24 heavy (non-hydrogen) atoms. The van der Waals surface area contributed by atoms with Gasteiger partial charge in [-0.3, -0.25) is 9.59 Å². The van der Waals surface area contributed by atoms with Crippen LogP contribution < -0.4 is 10.6 Å². The van der Waals surface area contributed by atoms with E-state index in [-0.39, 0.29) is 31.4 Å². The van der Waals surface area contributed by atoms with Crippen LogP contribution in [0.5, 0.6) is 0 Å². The van der Waals surface area contributed by atoms with Gasteiger partial charge in [-0.2, -0.15) is 0 Å². The molecule has 0 spiro atoms. The molecule has 2 N–H and O–H groups in total. The lowest BCUT2D eigenvalue weighted by atomic mass is 10.3. The Bertz CT molecular complexity index is 562. The molecule has 0 heterocycles. The number of rotatable bonds is 8. The van der Waals surface area contributed by atoms with Gasteiger partial charge in [0.1, 0.15) is 17.3 Å². The lowest BCUT2D eigenvalue weighted by Crippen LogP contribution is -2.42. The third kappa shape index (κ3) is 6.05. The van der Waals surface area contributed by atoms with Gasteiger partial charge in [0.25, 0.3) is 0 Å². The Hall–Kier alpha value is -1.73. The molecule has 0 bridgehead atoms. The van der Waals surface area contributed by atoms with Crippen LogP contribution in [0.25, 0.3) is 0 Å². The van der Waals surface area contributed by atoms with Crippen molar-refractivity contribution in [3.63, 3.8) is 0 Å². The Morgan fingerprint density at radius 1 is 1.25 bits per heavy atom. The lowest BCUT2D eigenvalue weighted by molar-refractivity contribution is -0.133. The van der Waals surface area contributed by atoms with Crippen molar-refractivity contribution in [1.29, 1.82) is 0 Å². The van der Waals surface area contributed by atoms with Crippen molar-refractivity contribution >= 4 is 29.9 Å². The molecule has 8 heteroatoms. The summed E-state index contributed by atoms with van der Waals surface area (Å²) in [6, 6.07) is 3.33. The molecule has 1 saturated carbocycles. The number of halogens is 3. The summed E-state index contributed by atoms with van der Waals surface area (Å²) in [6.07, 6.45) is 2.38. The number of nitrogens with one attached hydrogen (secondary N) is 2. The van der Waals surface area contributed by atoms with Crippen LogP contribution in [-0.4, -0.2) is 42.9 Å². The summed E-state index contributed by atoms with van der Waals surface area (Å²) in [5.41, 5.74) is -0.493. The molecular formula is C16H22ClF2N3O2. The second-order valence-electron chi connectivity index (χ2n) is 5.63. The summed E-state index contributed by atoms with van der Waals surface area (Å²) in [6.45, 7) is 2.81. The number of anilines is 1. The normalized spacial score (nSPS) is 13.1. The van der Waals surface area contributed by atoms with E-state index in [1.807, 2.05) is 0 Å². The average molecular weight is 362 g/mol. The maximum absolute atomic E-state index is 13.5.